The fourth-order valence-electron chi connectivity index (χ4n) is 10.5. The first kappa shape index (κ1) is 49.4. The smallest absolute Gasteiger partial charge is 0.0541 e. The van der Waals surface area contributed by atoms with Crippen molar-refractivity contribution in [3.63, 3.8) is 0 Å². The van der Waals surface area contributed by atoms with Crippen molar-refractivity contribution in [3.05, 3.63) is 221 Å². The first-order chi connectivity index (χ1) is 34.5. The fourth-order valence-corrected chi connectivity index (χ4v) is 10.5. The number of rotatable bonds is 7. The number of aromatic nitrogens is 1. The summed E-state index contributed by atoms with van der Waals surface area (Å²) in [5.74, 6) is 0. The predicted octanol–water partition coefficient (Wildman–Crippen LogP) is 20.6. The number of hydrogen-bond acceptors (Lipinski definition) is 0. The van der Waals surface area contributed by atoms with Gasteiger partial charge in [-0.1, -0.05) is 203 Å². The van der Waals surface area contributed by atoms with Gasteiger partial charge in [0.25, 0.3) is 0 Å². The molecular weight excluding hydrogens is 879 g/mol. The number of aryl methyl sites for hydroxylation is 2. The highest BCUT2D eigenvalue weighted by molar-refractivity contribution is 6.10. The highest BCUT2D eigenvalue weighted by atomic mass is 15.0. The van der Waals surface area contributed by atoms with Crippen LogP contribution in [0.5, 0.6) is 0 Å². The third-order valence-corrected chi connectivity index (χ3v) is 15.1. The largest absolute Gasteiger partial charge is 0.309 e. The maximum absolute atomic E-state index is 2.50. The first-order valence-electron chi connectivity index (χ1n) is 26.4. The standard InChI is InChI=1S/C72H73N/c1-46-15-33-67-65(35-46)66-36-47(2)16-34-68(66)73(67)64-44-58(56-39-52(48-17-25-60(26-18-48)69(3,4)5)37-53(40-56)49-19-27-61(28-20-49)70(6,7)8)43-59(45-64)57-41-54(50-21-29-62(30-22-50)71(9,10)11)38-55(42-57)51-23-31-63(32-24-51)72(12,13)14/h15-45H,1-14H3. The van der Waals surface area contributed by atoms with Gasteiger partial charge in [-0.05, 0) is 203 Å². The second kappa shape index (κ2) is 18.4. The van der Waals surface area contributed by atoms with Crippen molar-refractivity contribution in [1.29, 1.82) is 0 Å². The van der Waals surface area contributed by atoms with Crippen LogP contribution in [0.1, 0.15) is 116 Å². The summed E-state index contributed by atoms with van der Waals surface area (Å²) in [4.78, 5) is 0. The molecule has 1 nitrogen and oxygen atoms in total. The summed E-state index contributed by atoms with van der Waals surface area (Å²) in [6.45, 7) is 31.9. The van der Waals surface area contributed by atoms with E-state index in [-0.39, 0.29) is 21.7 Å². The Bertz CT molecular complexity index is 3270. The third-order valence-electron chi connectivity index (χ3n) is 15.1. The van der Waals surface area contributed by atoms with Gasteiger partial charge in [0.1, 0.15) is 0 Å². The molecule has 1 heteroatoms. The minimum atomic E-state index is 0.0598. The van der Waals surface area contributed by atoms with Crippen LogP contribution in [0.15, 0.2) is 188 Å². The highest BCUT2D eigenvalue weighted by Gasteiger charge is 2.21. The number of nitrogens with zero attached hydrogens (tertiary/aromatic N) is 1. The Labute approximate surface area is 436 Å². The van der Waals surface area contributed by atoms with E-state index in [0.29, 0.717) is 0 Å². The van der Waals surface area contributed by atoms with Gasteiger partial charge in [0.15, 0.2) is 0 Å². The van der Waals surface area contributed by atoms with Crippen molar-refractivity contribution < 1.29 is 0 Å². The molecule has 0 spiro atoms. The summed E-state index contributed by atoms with van der Waals surface area (Å²) in [6, 6.07) is 72.5. The molecule has 366 valence electrons. The molecule has 0 radical (unpaired) electrons. The van der Waals surface area contributed by atoms with Crippen LogP contribution in [-0.2, 0) is 21.7 Å². The van der Waals surface area contributed by atoms with Crippen molar-refractivity contribution in [2.24, 2.45) is 0 Å². The topological polar surface area (TPSA) is 4.93 Å². The van der Waals surface area contributed by atoms with Gasteiger partial charge in [0.2, 0.25) is 0 Å². The monoisotopic (exact) mass is 952 g/mol. The molecule has 0 aliphatic heterocycles. The van der Waals surface area contributed by atoms with Crippen LogP contribution >= 0.6 is 0 Å². The molecule has 0 aliphatic carbocycles. The SMILES string of the molecule is Cc1ccc2c(c1)c1cc(C)ccc1n2-c1cc(-c2cc(-c3ccc(C(C)(C)C)cc3)cc(-c3ccc(C(C)(C)C)cc3)c2)cc(-c2cc(-c3ccc(C(C)(C)C)cc3)cc(-c3ccc(C(C)(C)C)cc3)c2)c1. The lowest BCUT2D eigenvalue weighted by Gasteiger charge is -2.21. The van der Waals surface area contributed by atoms with E-state index in [1.165, 1.54) is 122 Å². The zero-order valence-corrected chi connectivity index (χ0v) is 45.8. The summed E-state index contributed by atoms with van der Waals surface area (Å²) < 4.78 is 2.50. The summed E-state index contributed by atoms with van der Waals surface area (Å²) in [5.41, 5.74) is 25.9. The van der Waals surface area contributed by atoms with E-state index in [1.807, 2.05) is 0 Å². The summed E-state index contributed by atoms with van der Waals surface area (Å²) in [5, 5.41) is 2.54. The molecule has 1 aromatic heterocycles. The molecule has 0 unspecified atom stereocenters. The summed E-state index contributed by atoms with van der Waals surface area (Å²) in [6.07, 6.45) is 0. The van der Waals surface area contributed by atoms with Crippen molar-refractivity contribution in [3.8, 4) is 72.4 Å². The molecule has 0 saturated carbocycles. The zero-order valence-electron chi connectivity index (χ0n) is 45.8. The Morgan fingerprint density at radius 3 is 0.685 bits per heavy atom. The minimum Gasteiger partial charge on any atom is -0.309 e. The van der Waals surface area contributed by atoms with Crippen molar-refractivity contribution in [2.75, 3.05) is 0 Å². The zero-order chi connectivity index (χ0) is 51.8. The molecule has 0 atom stereocenters. The van der Waals surface area contributed by atoms with Crippen LogP contribution in [-0.4, -0.2) is 4.57 Å². The quantitative estimate of drug-likeness (QED) is 0.150. The number of hydrogen-bond donors (Lipinski definition) is 0. The molecular formula is C72H73N. The average molecular weight is 952 g/mol. The van der Waals surface area contributed by atoms with E-state index >= 15 is 0 Å². The van der Waals surface area contributed by atoms with Crippen LogP contribution in [0.3, 0.4) is 0 Å². The summed E-state index contributed by atoms with van der Waals surface area (Å²) in [7, 11) is 0. The maximum atomic E-state index is 2.50. The summed E-state index contributed by atoms with van der Waals surface area (Å²) >= 11 is 0. The van der Waals surface area contributed by atoms with E-state index < -0.39 is 0 Å². The van der Waals surface area contributed by atoms with Gasteiger partial charge in [0, 0.05) is 16.5 Å². The second-order valence-corrected chi connectivity index (χ2v) is 25.1. The molecule has 9 aromatic carbocycles. The van der Waals surface area contributed by atoms with Gasteiger partial charge in [-0.25, -0.2) is 0 Å². The van der Waals surface area contributed by atoms with Crippen LogP contribution in [0.2, 0.25) is 0 Å². The first-order valence-corrected chi connectivity index (χ1v) is 26.4. The highest BCUT2D eigenvalue weighted by Crippen LogP contribution is 2.42. The molecule has 0 bridgehead atoms. The predicted molar refractivity (Wildman–Crippen MR) is 318 cm³/mol. The lowest BCUT2D eigenvalue weighted by atomic mass is 9.84. The van der Waals surface area contributed by atoms with Gasteiger partial charge in [-0.2, -0.15) is 0 Å². The second-order valence-electron chi connectivity index (χ2n) is 25.1. The maximum Gasteiger partial charge on any atom is 0.0541 e. The molecule has 10 rings (SSSR count). The van der Waals surface area contributed by atoms with Gasteiger partial charge >= 0.3 is 0 Å². The Kier molecular flexibility index (Phi) is 12.4. The Balaban J connectivity index is 1.25. The van der Waals surface area contributed by atoms with Crippen LogP contribution in [0.4, 0.5) is 0 Å². The van der Waals surface area contributed by atoms with Crippen molar-refractivity contribution in [1.82, 2.24) is 4.57 Å². The molecule has 0 aliphatic rings. The van der Waals surface area contributed by atoms with Gasteiger partial charge in [-0.15, -0.1) is 0 Å². The third kappa shape index (κ3) is 10.1. The Hall–Kier alpha value is -7.22. The van der Waals surface area contributed by atoms with Crippen molar-refractivity contribution in [2.45, 2.75) is 119 Å². The lowest BCUT2D eigenvalue weighted by molar-refractivity contribution is 0.590. The van der Waals surface area contributed by atoms with Crippen molar-refractivity contribution >= 4 is 21.8 Å². The fraction of sp³-hybridized carbons (Fsp3) is 0.250. The number of fused-ring (bicyclic) bond motifs is 3. The molecule has 1 heterocycles. The normalized spacial score (nSPS) is 12.5. The molecule has 0 fully saturated rings. The average Bonchev–Trinajstić information content (AvgIpc) is 3.67. The molecule has 10 aromatic rings. The minimum absolute atomic E-state index is 0.0598. The van der Waals surface area contributed by atoms with Crippen LogP contribution < -0.4 is 0 Å². The van der Waals surface area contributed by atoms with E-state index in [2.05, 4.69) is 290 Å². The Morgan fingerprint density at radius 2 is 0.452 bits per heavy atom. The van der Waals surface area contributed by atoms with E-state index in [4.69, 9.17) is 0 Å². The molecule has 0 N–H and O–H groups in total. The van der Waals surface area contributed by atoms with E-state index in [9.17, 15) is 0 Å². The Morgan fingerprint density at radius 1 is 0.233 bits per heavy atom. The van der Waals surface area contributed by atoms with Gasteiger partial charge < -0.3 is 4.57 Å². The molecule has 0 amide bonds. The van der Waals surface area contributed by atoms with Gasteiger partial charge in [-0.3, -0.25) is 0 Å². The molecule has 0 saturated heterocycles. The van der Waals surface area contributed by atoms with E-state index in [1.54, 1.807) is 0 Å². The van der Waals surface area contributed by atoms with E-state index in [0.717, 1.165) is 5.69 Å². The van der Waals surface area contributed by atoms with Gasteiger partial charge in [0.05, 0.1) is 11.0 Å². The number of benzene rings is 9. The molecule has 73 heavy (non-hydrogen) atoms. The van der Waals surface area contributed by atoms with Crippen LogP contribution in [0, 0.1) is 13.8 Å². The lowest BCUT2D eigenvalue weighted by Crippen LogP contribution is -2.10. The van der Waals surface area contributed by atoms with Crippen LogP contribution in [0.25, 0.3) is 94.3 Å².